The minimum atomic E-state index is -0.0756. The Balaban J connectivity index is 1.61. The van der Waals surface area contributed by atoms with E-state index in [9.17, 15) is 4.79 Å². The highest BCUT2D eigenvalue weighted by molar-refractivity contribution is 14.1. The molecule has 28 heavy (non-hydrogen) atoms. The molecule has 0 atom stereocenters. The Kier molecular flexibility index (Phi) is 5.39. The standard InChI is InChI=1S/C20H16ClIN4OS/c1-11(16-6-7-17(21)28-16)23-19-18-15(24-12(2)25-19)10-26(20(18)27)9-13-4-3-5-14(22)8-13/h3-8H,1,9-10H2,2H3,(H,23,24,25). The molecule has 1 amide bonds. The number of hydrogen-bond acceptors (Lipinski definition) is 5. The summed E-state index contributed by atoms with van der Waals surface area (Å²) in [6, 6.07) is 11.8. The number of hydrogen-bond donors (Lipinski definition) is 1. The molecule has 0 saturated heterocycles. The van der Waals surface area contributed by atoms with Gasteiger partial charge in [0.05, 0.1) is 21.5 Å². The molecule has 0 saturated carbocycles. The van der Waals surface area contributed by atoms with Gasteiger partial charge in [0, 0.05) is 15.8 Å². The van der Waals surface area contributed by atoms with Crippen LogP contribution in [0.3, 0.4) is 0 Å². The fraction of sp³-hybridized carbons (Fsp3) is 0.150. The number of aromatic nitrogens is 2. The van der Waals surface area contributed by atoms with Crippen LogP contribution in [-0.2, 0) is 13.1 Å². The lowest BCUT2D eigenvalue weighted by Gasteiger charge is -2.16. The Morgan fingerprint density at radius 1 is 1.36 bits per heavy atom. The van der Waals surface area contributed by atoms with Crippen LogP contribution in [0.25, 0.3) is 5.70 Å². The summed E-state index contributed by atoms with van der Waals surface area (Å²) in [4.78, 5) is 24.7. The van der Waals surface area contributed by atoms with Crippen LogP contribution in [0.5, 0.6) is 0 Å². The number of benzene rings is 1. The van der Waals surface area contributed by atoms with Gasteiger partial charge in [-0.05, 0) is 59.3 Å². The van der Waals surface area contributed by atoms with Crippen LogP contribution >= 0.6 is 45.5 Å². The zero-order valence-corrected chi connectivity index (χ0v) is 18.7. The highest BCUT2D eigenvalue weighted by atomic mass is 127. The summed E-state index contributed by atoms with van der Waals surface area (Å²) in [6.07, 6.45) is 0. The van der Waals surface area contributed by atoms with E-state index >= 15 is 0 Å². The van der Waals surface area contributed by atoms with Crippen LogP contribution < -0.4 is 5.32 Å². The van der Waals surface area contributed by atoms with Crippen molar-refractivity contribution in [2.75, 3.05) is 5.32 Å². The number of amides is 1. The number of halogens is 2. The summed E-state index contributed by atoms with van der Waals surface area (Å²) >= 11 is 9.71. The van der Waals surface area contributed by atoms with Crippen molar-refractivity contribution in [1.29, 1.82) is 0 Å². The van der Waals surface area contributed by atoms with E-state index in [1.807, 2.05) is 37.3 Å². The van der Waals surface area contributed by atoms with Gasteiger partial charge in [0.2, 0.25) is 0 Å². The lowest BCUT2D eigenvalue weighted by Crippen LogP contribution is -2.23. The summed E-state index contributed by atoms with van der Waals surface area (Å²) in [6.45, 7) is 6.89. The Labute approximate surface area is 185 Å². The summed E-state index contributed by atoms with van der Waals surface area (Å²) in [5, 5.41) is 3.19. The minimum absolute atomic E-state index is 0.0756. The summed E-state index contributed by atoms with van der Waals surface area (Å²) in [5.41, 5.74) is 2.99. The van der Waals surface area contributed by atoms with Gasteiger partial charge in [0.1, 0.15) is 17.2 Å². The summed E-state index contributed by atoms with van der Waals surface area (Å²) < 4.78 is 1.82. The second kappa shape index (κ2) is 7.81. The maximum atomic E-state index is 13.1. The molecule has 3 heterocycles. The van der Waals surface area contributed by atoms with Crippen molar-refractivity contribution in [3.05, 3.63) is 78.4 Å². The van der Waals surface area contributed by atoms with Gasteiger partial charge in [-0.3, -0.25) is 4.79 Å². The molecule has 8 heteroatoms. The molecule has 0 spiro atoms. The molecular formula is C20H16ClIN4OS. The van der Waals surface area contributed by atoms with Gasteiger partial charge in [-0.15, -0.1) is 11.3 Å². The van der Waals surface area contributed by atoms with Gasteiger partial charge in [-0.1, -0.05) is 30.3 Å². The largest absolute Gasteiger partial charge is 0.339 e. The lowest BCUT2D eigenvalue weighted by atomic mass is 10.2. The predicted molar refractivity (Wildman–Crippen MR) is 121 cm³/mol. The molecule has 0 fully saturated rings. The maximum Gasteiger partial charge on any atom is 0.260 e. The van der Waals surface area contributed by atoms with Gasteiger partial charge in [-0.25, -0.2) is 9.97 Å². The minimum Gasteiger partial charge on any atom is -0.339 e. The number of anilines is 1. The van der Waals surface area contributed by atoms with Crippen molar-refractivity contribution in [2.24, 2.45) is 0 Å². The highest BCUT2D eigenvalue weighted by Gasteiger charge is 2.33. The fourth-order valence-electron chi connectivity index (χ4n) is 3.14. The lowest BCUT2D eigenvalue weighted by molar-refractivity contribution is 0.0767. The number of fused-ring (bicyclic) bond motifs is 1. The van der Waals surface area contributed by atoms with Crippen molar-refractivity contribution >= 4 is 63.0 Å². The van der Waals surface area contributed by atoms with Gasteiger partial charge >= 0.3 is 0 Å². The van der Waals surface area contributed by atoms with Gasteiger partial charge < -0.3 is 10.2 Å². The van der Waals surface area contributed by atoms with E-state index in [4.69, 9.17) is 11.6 Å². The Bertz CT molecular complexity index is 1100. The first-order valence-corrected chi connectivity index (χ1v) is 10.8. The van der Waals surface area contributed by atoms with Gasteiger partial charge in [-0.2, -0.15) is 0 Å². The first kappa shape index (κ1) is 19.4. The molecule has 0 radical (unpaired) electrons. The number of nitrogens with one attached hydrogen (secondary N) is 1. The number of nitrogens with zero attached hydrogens (tertiary/aromatic N) is 3. The van der Waals surface area contributed by atoms with Crippen LogP contribution in [0.1, 0.15) is 32.3 Å². The van der Waals surface area contributed by atoms with Crippen LogP contribution in [0, 0.1) is 10.5 Å². The molecule has 1 aliphatic rings. The quantitative estimate of drug-likeness (QED) is 0.460. The molecule has 0 aliphatic carbocycles. The van der Waals surface area contributed by atoms with Crippen LogP contribution in [0.15, 0.2) is 43.0 Å². The second-order valence-corrected chi connectivity index (χ2v) is 9.40. The molecule has 0 bridgehead atoms. The average molecular weight is 523 g/mol. The average Bonchev–Trinajstić information content (AvgIpc) is 3.19. The van der Waals surface area contributed by atoms with E-state index in [1.165, 1.54) is 11.3 Å². The van der Waals surface area contributed by atoms with Gasteiger partial charge in [0.15, 0.2) is 0 Å². The molecule has 4 rings (SSSR count). The first-order valence-electron chi connectivity index (χ1n) is 8.53. The highest BCUT2D eigenvalue weighted by Crippen LogP contribution is 2.32. The smallest absolute Gasteiger partial charge is 0.260 e. The second-order valence-electron chi connectivity index (χ2n) is 6.44. The Morgan fingerprint density at radius 3 is 2.89 bits per heavy atom. The monoisotopic (exact) mass is 522 g/mol. The molecule has 3 aromatic rings. The van der Waals surface area contributed by atoms with E-state index in [2.05, 4.69) is 50.5 Å². The molecule has 2 aromatic heterocycles. The van der Waals surface area contributed by atoms with Crippen LogP contribution in [0.4, 0.5) is 5.82 Å². The van der Waals surface area contributed by atoms with Gasteiger partial charge in [0.25, 0.3) is 5.91 Å². The predicted octanol–water partition coefficient (Wildman–Crippen LogP) is 5.34. The molecule has 1 aliphatic heterocycles. The summed E-state index contributed by atoms with van der Waals surface area (Å²) in [5.74, 6) is 1.03. The fourth-order valence-corrected chi connectivity index (χ4v) is 4.71. The van der Waals surface area contributed by atoms with E-state index in [0.717, 1.165) is 19.7 Å². The van der Waals surface area contributed by atoms with Crippen molar-refractivity contribution in [2.45, 2.75) is 20.0 Å². The third-order valence-corrected chi connectivity index (χ3v) is 6.30. The van der Waals surface area contributed by atoms with E-state index in [-0.39, 0.29) is 5.91 Å². The number of aryl methyl sites for hydroxylation is 1. The molecular weight excluding hydrogens is 507 g/mol. The SMILES string of the molecule is C=C(Nc1nc(C)nc2c1C(=O)N(Cc1cccc(I)c1)C2)c1ccc(Cl)s1. The van der Waals surface area contributed by atoms with Crippen molar-refractivity contribution in [3.8, 4) is 0 Å². The zero-order chi connectivity index (χ0) is 19.8. The number of carbonyl (C=O) groups excluding carboxylic acids is 1. The number of rotatable bonds is 5. The third kappa shape index (κ3) is 3.92. The van der Waals surface area contributed by atoms with E-state index in [0.29, 0.717) is 40.3 Å². The van der Waals surface area contributed by atoms with Crippen LogP contribution in [0.2, 0.25) is 4.34 Å². The normalized spacial score (nSPS) is 13.0. The van der Waals surface area contributed by atoms with E-state index < -0.39 is 0 Å². The maximum absolute atomic E-state index is 13.1. The molecule has 1 aromatic carbocycles. The Hall–Kier alpha value is -1.97. The van der Waals surface area contributed by atoms with Crippen molar-refractivity contribution < 1.29 is 4.79 Å². The zero-order valence-electron chi connectivity index (χ0n) is 15.0. The number of carbonyl (C=O) groups is 1. The Morgan fingerprint density at radius 2 is 2.18 bits per heavy atom. The molecule has 1 N–H and O–H groups in total. The topological polar surface area (TPSA) is 58.1 Å². The molecule has 0 unspecified atom stereocenters. The summed E-state index contributed by atoms with van der Waals surface area (Å²) in [7, 11) is 0. The van der Waals surface area contributed by atoms with E-state index in [1.54, 1.807) is 4.90 Å². The van der Waals surface area contributed by atoms with Crippen molar-refractivity contribution in [1.82, 2.24) is 14.9 Å². The third-order valence-electron chi connectivity index (χ3n) is 4.34. The molecule has 5 nitrogen and oxygen atoms in total. The van der Waals surface area contributed by atoms with Crippen molar-refractivity contribution in [3.63, 3.8) is 0 Å². The first-order chi connectivity index (χ1) is 13.4. The molecule has 142 valence electrons. The van der Waals surface area contributed by atoms with Crippen LogP contribution in [-0.4, -0.2) is 20.8 Å². The number of thiophene rings is 1.